The van der Waals surface area contributed by atoms with Crippen LogP contribution in [0.4, 0.5) is 0 Å². The Kier molecular flexibility index (Phi) is 5.28. The highest BCUT2D eigenvalue weighted by Gasteiger charge is 2.35. The van der Waals surface area contributed by atoms with Crippen LogP contribution in [0.5, 0.6) is 0 Å². The minimum Gasteiger partial charge on any atom is -0.298 e. The van der Waals surface area contributed by atoms with Crippen molar-refractivity contribution in [1.29, 1.82) is 0 Å². The van der Waals surface area contributed by atoms with Gasteiger partial charge in [-0.3, -0.25) is 4.79 Å². The Hall–Kier alpha value is 0.370. The lowest BCUT2D eigenvalue weighted by Gasteiger charge is -2.33. The molecule has 0 spiro atoms. The average molecular weight is 272 g/mol. The van der Waals surface area contributed by atoms with Crippen LogP contribution in [0.2, 0.25) is 0 Å². The Morgan fingerprint density at radius 3 is 2.71 bits per heavy atom. The number of carbonyl (C=O) groups excluding carboxylic acids is 1. The van der Waals surface area contributed by atoms with Crippen LogP contribution >= 0.6 is 23.5 Å². The average Bonchev–Trinajstić information content (AvgIpc) is 2.38. The van der Waals surface area contributed by atoms with Gasteiger partial charge >= 0.3 is 0 Å². The zero-order chi connectivity index (χ0) is 12.3. The molecule has 0 amide bonds. The summed E-state index contributed by atoms with van der Waals surface area (Å²) in [5.74, 6) is 4.15. The second-order valence-corrected chi connectivity index (χ2v) is 8.14. The lowest BCUT2D eigenvalue weighted by molar-refractivity contribution is -0.123. The van der Waals surface area contributed by atoms with E-state index in [-0.39, 0.29) is 5.25 Å². The van der Waals surface area contributed by atoms with Gasteiger partial charge < -0.3 is 0 Å². The maximum absolute atomic E-state index is 12.6. The van der Waals surface area contributed by atoms with Crippen molar-refractivity contribution >= 4 is 29.3 Å². The summed E-state index contributed by atoms with van der Waals surface area (Å²) in [5.41, 5.74) is 0. The fourth-order valence-corrected chi connectivity index (χ4v) is 5.90. The van der Waals surface area contributed by atoms with Crippen LogP contribution < -0.4 is 0 Å². The van der Waals surface area contributed by atoms with Gasteiger partial charge in [-0.25, -0.2) is 0 Å². The van der Waals surface area contributed by atoms with Crippen LogP contribution in [0.3, 0.4) is 0 Å². The summed E-state index contributed by atoms with van der Waals surface area (Å²) in [5, 5.41) is 0.817. The van der Waals surface area contributed by atoms with Gasteiger partial charge in [-0.1, -0.05) is 33.1 Å². The number of ketones is 1. The predicted molar refractivity (Wildman–Crippen MR) is 78.9 cm³/mol. The van der Waals surface area contributed by atoms with Crippen LogP contribution in [0, 0.1) is 11.8 Å². The first-order chi connectivity index (χ1) is 8.22. The molecule has 0 radical (unpaired) electrons. The van der Waals surface area contributed by atoms with E-state index in [1.807, 2.05) is 23.5 Å². The minimum absolute atomic E-state index is 0.286. The standard InChI is InChI=1S/C14H24OS2/c1-3-11-5-4-6-12(9-11)13(15)14-10(2)16-7-8-17-14/h10-12,14H,3-9H2,1-2H3. The number of thioether (sulfide) groups is 2. The number of carbonyl (C=O) groups is 1. The van der Waals surface area contributed by atoms with Crippen molar-refractivity contribution in [1.82, 2.24) is 0 Å². The predicted octanol–water partition coefficient (Wildman–Crippen LogP) is 4.01. The molecule has 1 aliphatic carbocycles. The van der Waals surface area contributed by atoms with E-state index in [1.54, 1.807) is 0 Å². The lowest BCUT2D eigenvalue weighted by atomic mass is 9.77. The molecule has 0 aromatic carbocycles. The maximum Gasteiger partial charge on any atom is 0.150 e. The highest BCUT2D eigenvalue weighted by atomic mass is 32.2. The van der Waals surface area contributed by atoms with Crippen molar-refractivity contribution in [2.45, 2.75) is 56.5 Å². The molecule has 2 aliphatic rings. The summed E-state index contributed by atoms with van der Waals surface area (Å²) in [6.45, 7) is 4.50. The van der Waals surface area contributed by atoms with Crippen LogP contribution in [0.25, 0.3) is 0 Å². The first-order valence-electron chi connectivity index (χ1n) is 6.99. The summed E-state index contributed by atoms with van der Waals surface area (Å²) >= 11 is 3.89. The van der Waals surface area contributed by atoms with E-state index < -0.39 is 0 Å². The minimum atomic E-state index is 0.286. The van der Waals surface area contributed by atoms with Gasteiger partial charge in [0, 0.05) is 22.7 Å². The molecule has 17 heavy (non-hydrogen) atoms. The number of Topliss-reactive ketones (excluding diaryl/α,β-unsaturated/α-hetero) is 1. The molecule has 2 rings (SSSR count). The SMILES string of the molecule is CCC1CCCC(C(=O)C2SCCSC2C)C1. The van der Waals surface area contributed by atoms with Gasteiger partial charge in [-0.2, -0.15) is 11.8 Å². The van der Waals surface area contributed by atoms with Crippen molar-refractivity contribution in [2.75, 3.05) is 11.5 Å². The van der Waals surface area contributed by atoms with Gasteiger partial charge in [-0.05, 0) is 18.8 Å². The molecule has 1 saturated heterocycles. The quantitative estimate of drug-likeness (QED) is 0.773. The summed E-state index contributed by atoms with van der Waals surface area (Å²) in [4.78, 5) is 12.6. The first-order valence-corrected chi connectivity index (χ1v) is 9.09. The molecule has 3 heteroatoms. The molecular weight excluding hydrogens is 248 g/mol. The Morgan fingerprint density at radius 2 is 2.00 bits per heavy atom. The highest BCUT2D eigenvalue weighted by Crippen LogP contribution is 2.38. The van der Waals surface area contributed by atoms with Crippen molar-refractivity contribution < 1.29 is 4.79 Å². The molecule has 98 valence electrons. The van der Waals surface area contributed by atoms with E-state index in [0.29, 0.717) is 17.0 Å². The molecular formula is C14H24OS2. The van der Waals surface area contributed by atoms with Crippen LogP contribution in [0.1, 0.15) is 46.0 Å². The van der Waals surface area contributed by atoms with Crippen molar-refractivity contribution in [3.05, 3.63) is 0 Å². The second kappa shape index (κ2) is 6.51. The molecule has 1 aliphatic heterocycles. The van der Waals surface area contributed by atoms with Gasteiger partial charge in [0.1, 0.15) is 5.78 Å². The summed E-state index contributed by atoms with van der Waals surface area (Å²) < 4.78 is 0. The van der Waals surface area contributed by atoms with Crippen LogP contribution in [-0.2, 0) is 4.79 Å². The van der Waals surface area contributed by atoms with Gasteiger partial charge in [0.2, 0.25) is 0 Å². The fourth-order valence-electron chi connectivity index (χ4n) is 3.10. The normalized spacial score (nSPS) is 38.9. The molecule has 1 heterocycles. The van der Waals surface area contributed by atoms with E-state index in [0.717, 1.165) is 18.1 Å². The molecule has 4 atom stereocenters. The van der Waals surface area contributed by atoms with Gasteiger partial charge in [-0.15, -0.1) is 11.8 Å². The molecule has 0 aromatic heterocycles. The molecule has 0 N–H and O–H groups in total. The summed E-state index contributed by atoms with van der Waals surface area (Å²) in [7, 11) is 0. The number of hydrogen-bond donors (Lipinski definition) is 0. The summed E-state index contributed by atoms with van der Waals surface area (Å²) in [6, 6.07) is 0. The van der Waals surface area contributed by atoms with Crippen molar-refractivity contribution in [3.63, 3.8) is 0 Å². The van der Waals surface area contributed by atoms with E-state index >= 15 is 0 Å². The third-order valence-corrected chi connectivity index (χ3v) is 7.34. The molecule has 2 fully saturated rings. The largest absolute Gasteiger partial charge is 0.298 e. The Labute approximate surface area is 114 Å². The van der Waals surface area contributed by atoms with Gasteiger partial charge in [0.25, 0.3) is 0 Å². The molecule has 1 nitrogen and oxygen atoms in total. The third-order valence-electron chi connectivity index (χ3n) is 4.23. The summed E-state index contributed by atoms with van der Waals surface area (Å²) in [6.07, 6.45) is 6.20. The second-order valence-electron chi connectivity index (χ2n) is 5.41. The first kappa shape index (κ1) is 13.8. The molecule has 1 saturated carbocycles. The monoisotopic (exact) mass is 272 g/mol. The number of rotatable bonds is 3. The van der Waals surface area contributed by atoms with Crippen LogP contribution in [0.15, 0.2) is 0 Å². The highest BCUT2D eigenvalue weighted by molar-refractivity contribution is 8.07. The Balaban J connectivity index is 1.93. The zero-order valence-corrected chi connectivity index (χ0v) is 12.6. The molecule has 4 unspecified atom stereocenters. The van der Waals surface area contributed by atoms with E-state index in [2.05, 4.69) is 13.8 Å². The van der Waals surface area contributed by atoms with Gasteiger partial charge in [0.05, 0.1) is 5.25 Å². The molecule has 0 bridgehead atoms. The maximum atomic E-state index is 12.6. The van der Waals surface area contributed by atoms with Gasteiger partial charge in [0.15, 0.2) is 0 Å². The Bertz CT molecular complexity index is 267. The van der Waals surface area contributed by atoms with E-state index in [1.165, 1.54) is 31.4 Å². The fraction of sp³-hybridized carbons (Fsp3) is 0.929. The zero-order valence-electron chi connectivity index (χ0n) is 11.0. The third kappa shape index (κ3) is 3.44. The van der Waals surface area contributed by atoms with Crippen molar-refractivity contribution in [2.24, 2.45) is 11.8 Å². The van der Waals surface area contributed by atoms with E-state index in [9.17, 15) is 4.79 Å². The lowest BCUT2D eigenvalue weighted by Crippen LogP contribution is -2.37. The topological polar surface area (TPSA) is 17.1 Å². The Morgan fingerprint density at radius 1 is 1.24 bits per heavy atom. The molecule has 0 aromatic rings. The van der Waals surface area contributed by atoms with E-state index in [4.69, 9.17) is 0 Å². The smallest absolute Gasteiger partial charge is 0.150 e. The van der Waals surface area contributed by atoms with Crippen LogP contribution in [-0.4, -0.2) is 27.8 Å². The number of hydrogen-bond acceptors (Lipinski definition) is 3. The van der Waals surface area contributed by atoms with Crippen molar-refractivity contribution in [3.8, 4) is 0 Å².